The molecular formula is C73H68IrN3. The van der Waals surface area contributed by atoms with Gasteiger partial charge in [-0.1, -0.05) is 219 Å². The molecule has 0 saturated carbocycles. The van der Waals surface area contributed by atoms with Crippen LogP contribution in [0.2, 0.25) is 0 Å². The number of rotatable bonds is 13. The maximum absolute atomic E-state index is 4.89. The first-order chi connectivity index (χ1) is 36.5. The van der Waals surface area contributed by atoms with Crippen LogP contribution in [0.1, 0.15) is 101 Å². The van der Waals surface area contributed by atoms with Gasteiger partial charge in [0.25, 0.3) is 0 Å². The molecule has 3 aromatic heterocycles. The summed E-state index contributed by atoms with van der Waals surface area (Å²) in [6.07, 6.45) is 9.49. The van der Waals surface area contributed by atoms with Gasteiger partial charge in [0.2, 0.25) is 0 Å². The second-order valence-electron chi connectivity index (χ2n) is 23.5. The molecule has 0 atom stereocenters. The molecule has 0 unspecified atom stereocenters. The van der Waals surface area contributed by atoms with Gasteiger partial charge in [-0.2, -0.15) is 0 Å². The zero-order valence-electron chi connectivity index (χ0n) is 46.1. The van der Waals surface area contributed by atoms with Gasteiger partial charge in [0.05, 0.1) is 0 Å². The first kappa shape index (κ1) is 54.4. The monoisotopic (exact) mass is 1180 g/mol. The van der Waals surface area contributed by atoms with Crippen LogP contribution in [0.3, 0.4) is 0 Å². The van der Waals surface area contributed by atoms with E-state index in [2.05, 4.69) is 263 Å². The Bertz CT molecular complexity index is 3450. The summed E-state index contributed by atoms with van der Waals surface area (Å²) >= 11 is 0. The largest absolute Gasteiger partial charge is 3.00 e. The van der Waals surface area contributed by atoms with Gasteiger partial charge in [0, 0.05) is 18.6 Å². The Morgan fingerprint density at radius 2 is 0.818 bits per heavy atom. The third-order valence-corrected chi connectivity index (χ3v) is 14.7. The zero-order valence-corrected chi connectivity index (χ0v) is 48.5. The summed E-state index contributed by atoms with van der Waals surface area (Å²) in [6.45, 7) is 20.1. The van der Waals surface area contributed by atoms with Crippen molar-refractivity contribution in [3.63, 3.8) is 0 Å². The number of aryl methyl sites for hydroxylation is 4. The van der Waals surface area contributed by atoms with E-state index >= 15 is 0 Å². The molecular weight excluding hydrogens is 1110 g/mol. The Morgan fingerprint density at radius 1 is 0.325 bits per heavy atom. The molecule has 10 aromatic rings. The minimum Gasteiger partial charge on any atom is -0.305 e. The normalized spacial score (nSPS) is 11.8. The second kappa shape index (κ2) is 23.1. The average molecular weight is 1180 g/mol. The van der Waals surface area contributed by atoms with E-state index < -0.39 is 0 Å². The molecule has 0 amide bonds. The van der Waals surface area contributed by atoms with Crippen LogP contribution < -0.4 is 0 Å². The molecule has 3 nitrogen and oxygen atoms in total. The van der Waals surface area contributed by atoms with E-state index in [0.717, 1.165) is 81.7 Å². The topological polar surface area (TPSA) is 38.7 Å². The van der Waals surface area contributed by atoms with Crippen LogP contribution >= 0.6 is 0 Å². The van der Waals surface area contributed by atoms with Crippen molar-refractivity contribution in [2.75, 3.05) is 0 Å². The van der Waals surface area contributed by atoms with Crippen molar-refractivity contribution in [2.24, 2.45) is 0 Å². The summed E-state index contributed by atoms with van der Waals surface area (Å²) in [5.41, 5.74) is 24.1. The molecule has 7 aromatic carbocycles. The van der Waals surface area contributed by atoms with Gasteiger partial charge in [-0.05, 0) is 108 Å². The maximum atomic E-state index is 4.89. The molecule has 0 fully saturated rings. The van der Waals surface area contributed by atoms with Crippen molar-refractivity contribution >= 4 is 0 Å². The van der Waals surface area contributed by atoms with Gasteiger partial charge >= 0.3 is 20.1 Å². The minimum absolute atomic E-state index is 0. The van der Waals surface area contributed by atoms with Gasteiger partial charge in [0.1, 0.15) is 0 Å². The molecule has 0 bridgehead atoms. The fourth-order valence-corrected chi connectivity index (χ4v) is 9.91. The van der Waals surface area contributed by atoms with Gasteiger partial charge in [-0.25, -0.2) is 0 Å². The standard InChI is InChI=1S/C73H68N3.Ir/c1-71(2,3)61-41-42-74-70(47-61)59-35-38-66(67(46-59)56-33-31-55(32-34-56)54-15-11-10-12-16-54)65-18-14-13-17-64(65)60-44-52(21-19-50-23-27-57(28-24-50)68-39-36-62(48-75-68)72(4,5)6)43-53(45-60)22-20-51-25-29-58(30-26-51)69-40-37-63(49-76-69)73(7,8)9;/h10-18,23-27,29,31-34,36-49H,19-22H2,1-9H3;/q-3;+3. The molecule has 0 aliphatic rings. The predicted molar refractivity (Wildman–Crippen MR) is 318 cm³/mol. The molecule has 0 N–H and O–H groups in total. The van der Waals surface area contributed by atoms with E-state index in [1.807, 2.05) is 18.6 Å². The van der Waals surface area contributed by atoms with Gasteiger partial charge in [-0.15, -0.1) is 94.5 Å². The summed E-state index contributed by atoms with van der Waals surface area (Å²) in [5.74, 6) is 0. The number of nitrogens with zero attached hydrogens (tertiary/aromatic N) is 3. The van der Waals surface area contributed by atoms with Gasteiger partial charge in [0.15, 0.2) is 0 Å². The number of pyridine rings is 3. The fraction of sp³-hybridized carbons (Fsp3) is 0.219. The summed E-state index contributed by atoms with van der Waals surface area (Å²) in [5, 5.41) is 0. The predicted octanol–water partition coefficient (Wildman–Crippen LogP) is 18.4. The smallest absolute Gasteiger partial charge is 0.305 e. The molecule has 0 radical (unpaired) electrons. The molecule has 3 heterocycles. The maximum Gasteiger partial charge on any atom is 3.00 e. The molecule has 384 valence electrons. The van der Waals surface area contributed by atoms with Crippen LogP contribution in [0.5, 0.6) is 0 Å². The third-order valence-electron chi connectivity index (χ3n) is 14.7. The number of hydrogen-bond acceptors (Lipinski definition) is 3. The Morgan fingerprint density at radius 3 is 1.32 bits per heavy atom. The summed E-state index contributed by atoms with van der Waals surface area (Å²) in [4.78, 5) is 14.5. The van der Waals surface area contributed by atoms with Crippen molar-refractivity contribution in [3.8, 4) is 78.3 Å². The summed E-state index contributed by atoms with van der Waals surface area (Å²) in [6, 6.07) is 77.1. The fourth-order valence-electron chi connectivity index (χ4n) is 9.91. The van der Waals surface area contributed by atoms with Gasteiger partial charge < -0.3 is 15.0 Å². The van der Waals surface area contributed by atoms with Crippen LogP contribution in [0.15, 0.2) is 201 Å². The minimum atomic E-state index is -0.0135. The van der Waals surface area contributed by atoms with E-state index in [0.29, 0.717) is 0 Å². The SMILES string of the molecule is CC(C)(C)c1ccc(-c2[c-]cc(CCc3cc(CCc4c[c-]c(-c5ccc(C(C)(C)C)cn5)cc4)cc(-c4ccccc4-c4c[c-]c(-c5cc(C(C)(C)C)ccn5)cc4-c4ccc(-c5ccccc5)cc4)c3)cc2)nc1.[Ir+3]. The van der Waals surface area contributed by atoms with Crippen LogP contribution in [0, 0.1) is 18.2 Å². The Balaban J connectivity index is 0.00000722. The van der Waals surface area contributed by atoms with Crippen molar-refractivity contribution in [1.29, 1.82) is 0 Å². The molecule has 0 spiro atoms. The van der Waals surface area contributed by atoms with Gasteiger partial charge in [-0.3, -0.25) is 0 Å². The van der Waals surface area contributed by atoms with Crippen molar-refractivity contribution in [3.05, 3.63) is 258 Å². The van der Waals surface area contributed by atoms with Crippen LogP contribution in [0.25, 0.3) is 78.3 Å². The number of benzene rings is 7. The Kier molecular flexibility index (Phi) is 16.3. The van der Waals surface area contributed by atoms with Crippen LogP contribution in [-0.2, 0) is 62.0 Å². The van der Waals surface area contributed by atoms with E-state index in [1.54, 1.807) is 0 Å². The van der Waals surface area contributed by atoms with Crippen LogP contribution in [-0.4, -0.2) is 15.0 Å². The quantitative estimate of drug-likeness (QED) is 0.108. The Labute approximate surface area is 472 Å². The van der Waals surface area contributed by atoms with E-state index in [9.17, 15) is 0 Å². The van der Waals surface area contributed by atoms with Crippen LogP contribution in [0.4, 0.5) is 0 Å². The first-order valence-electron chi connectivity index (χ1n) is 26.9. The molecule has 0 saturated heterocycles. The van der Waals surface area contributed by atoms with E-state index in [1.165, 1.54) is 61.2 Å². The van der Waals surface area contributed by atoms with Crippen molar-refractivity contribution < 1.29 is 20.1 Å². The molecule has 10 rings (SSSR count). The molecule has 0 aliphatic carbocycles. The van der Waals surface area contributed by atoms with E-state index in [4.69, 9.17) is 15.0 Å². The number of hydrogen-bond donors (Lipinski definition) is 0. The van der Waals surface area contributed by atoms with Crippen molar-refractivity contribution in [1.82, 2.24) is 15.0 Å². The first-order valence-corrected chi connectivity index (χ1v) is 26.9. The number of aromatic nitrogens is 3. The average Bonchev–Trinajstić information content (AvgIpc) is 3.45. The molecule has 77 heavy (non-hydrogen) atoms. The summed E-state index contributed by atoms with van der Waals surface area (Å²) < 4.78 is 0. The van der Waals surface area contributed by atoms with Crippen molar-refractivity contribution in [2.45, 2.75) is 104 Å². The zero-order chi connectivity index (χ0) is 53.0. The summed E-state index contributed by atoms with van der Waals surface area (Å²) in [7, 11) is 0. The van der Waals surface area contributed by atoms with E-state index in [-0.39, 0.29) is 36.4 Å². The molecule has 0 aliphatic heterocycles. The Hall–Kier alpha value is -7.36. The molecule has 4 heteroatoms. The third kappa shape index (κ3) is 13.1. The second-order valence-corrected chi connectivity index (χ2v) is 23.5.